The predicted molar refractivity (Wildman–Crippen MR) is 71.7 cm³/mol. The summed E-state index contributed by atoms with van der Waals surface area (Å²) in [7, 11) is 0. The number of nitrogens with one attached hydrogen (secondary N) is 1. The van der Waals surface area contributed by atoms with E-state index >= 15 is 0 Å². The van der Waals surface area contributed by atoms with Crippen LogP contribution in [0.5, 0.6) is 0 Å². The van der Waals surface area contributed by atoms with Crippen LogP contribution in [-0.4, -0.2) is 16.2 Å². The van der Waals surface area contributed by atoms with Gasteiger partial charge in [-0.1, -0.05) is 23.4 Å². The second-order valence-corrected chi connectivity index (χ2v) is 4.84. The number of hydrogen-bond donors (Lipinski definition) is 1. The monoisotopic (exact) mass is 313 g/mol. The average Bonchev–Trinajstić information content (AvgIpc) is 2.44. The molecule has 0 aliphatic heterocycles. The van der Waals surface area contributed by atoms with E-state index in [-0.39, 0.29) is 27.0 Å². The molecule has 0 bridgehead atoms. The van der Waals surface area contributed by atoms with Crippen LogP contribution in [0.4, 0.5) is 8.78 Å². The van der Waals surface area contributed by atoms with Crippen molar-refractivity contribution < 1.29 is 8.78 Å². The van der Waals surface area contributed by atoms with Gasteiger partial charge in [0.25, 0.3) is 5.56 Å². The minimum Gasteiger partial charge on any atom is -0.300 e. The molecule has 8 heteroatoms. The second kappa shape index (κ2) is 5.61. The molecule has 1 heterocycles. The first kappa shape index (κ1) is 14.5. The molecule has 0 saturated heterocycles. The molecule has 0 unspecified atom stereocenters. The molecule has 2 rings (SSSR count). The fourth-order valence-corrected chi connectivity index (χ4v) is 2.08. The number of halogens is 3. The number of benzene rings is 1. The largest absolute Gasteiger partial charge is 0.300 e. The first-order valence-corrected chi connectivity index (χ1v) is 6.82. The Morgan fingerprint density at radius 2 is 2.10 bits per heavy atom. The van der Waals surface area contributed by atoms with Gasteiger partial charge in [-0.15, -0.1) is 0 Å². The van der Waals surface area contributed by atoms with E-state index in [9.17, 15) is 13.6 Å². The lowest BCUT2D eigenvalue weighted by Crippen LogP contribution is -2.15. The van der Waals surface area contributed by atoms with Gasteiger partial charge >= 0.3 is 0 Å². The molecule has 0 saturated carbocycles. The Hall–Kier alpha value is -1.91. The van der Waals surface area contributed by atoms with Gasteiger partial charge in [-0.05, 0) is 18.4 Å². The Morgan fingerprint density at radius 1 is 1.40 bits per heavy atom. The van der Waals surface area contributed by atoms with Gasteiger partial charge in [0, 0.05) is 5.56 Å². The van der Waals surface area contributed by atoms with Crippen LogP contribution in [0, 0.1) is 23.0 Å². The van der Waals surface area contributed by atoms with E-state index < -0.39 is 17.2 Å². The molecule has 0 radical (unpaired) electrons. The second-order valence-electron chi connectivity index (χ2n) is 3.63. The summed E-state index contributed by atoms with van der Waals surface area (Å²) >= 11 is 6.57. The Morgan fingerprint density at radius 3 is 2.70 bits per heavy atom. The summed E-state index contributed by atoms with van der Waals surface area (Å²) in [6, 6.07) is 3.95. The summed E-state index contributed by atoms with van der Waals surface area (Å²) < 4.78 is 27.4. The molecular weight excluding hydrogens is 308 g/mol. The lowest BCUT2D eigenvalue weighted by Gasteiger charge is -2.07. The number of aromatic nitrogens is 2. The van der Waals surface area contributed by atoms with E-state index in [1.807, 2.05) is 0 Å². The molecule has 0 atom stereocenters. The third-order valence-electron chi connectivity index (χ3n) is 2.49. The van der Waals surface area contributed by atoms with Crippen LogP contribution in [-0.2, 0) is 0 Å². The van der Waals surface area contributed by atoms with Gasteiger partial charge in [0.15, 0.2) is 16.8 Å². The molecule has 1 N–H and O–H groups in total. The number of hydrogen-bond acceptors (Lipinski definition) is 4. The van der Waals surface area contributed by atoms with Crippen LogP contribution < -0.4 is 5.56 Å². The number of rotatable bonds is 2. The van der Waals surface area contributed by atoms with Crippen molar-refractivity contribution in [2.45, 2.75) is 5.16 Å². The Kier molecular flexibility index (Phi) is 4.06. The summed E-state index contributed by atoms with van der Waals surface area (Å²) in [5.41, 5.74) is -1.60. The van der Waals surface area contributed by atoms with Gasteiger partial charge < -0.3 is 4.98 Å². The maximum atomic E-state index is 13.9. The fourth-order valence-electron chi connectivity index (χ4n) is 1.56. The van der Waals surface area contributed by atoms with Gasteiger partial charge in [0.2, 0.25) is 0 Å². The normalized spacial score (nSPS) is 10.3. The van der Waals surface area contributed by atoms with Gasteiger partial charge in [0.05, 0.1) is 10.7 Å². The molecule has 20 heavy (non-hydrogen) atoms. The first-order valence-electron chi connectivity index (χ1n) is 5.21. The van der Waals surface area contributed by atoms with Crippen molar-refractivity contribution in [2.24, 2.45) is 0 Å². The number of nitriles is 1. The molecule has 0 amide bonds. The van der Waals surface area contributed by atoms with Crippen molar-refractivity contribution in [3.63, 3.8) is 0 Å². The van der Waals surface area contributed by atoms with E-state index in [4.69, 9.17) is 16.9 Å². The maximum Gasteiger partial charge on any atom is 0.270 e. The quantitative estimate of drug-likeness (QED) is 0.526. The summed E-state index contributed by atoms with van der Waals surface area (Å²) in [5.74, 6) is -2.50. The third-order valence-corrected chi connectivity index (χ3v) is 3.37. The highest BCUT2D eigenvalue weighted by molar-refractivity contribution is 7.98. The lowest BCUT2D eigenvalue weighted by atomic mass is 10.1. The predicted octanol–water partition coefficient (Wildman–Crippen LogP) is 2.96. The molecule has 0 aliphatic carbocycles. The van der Waals surface area contributed by atoms with Crippen LogP contribution in [0.25, 0.3) is 11.3 Å². The van der Waals surface area contributed by atoms with E-state index in [1.165, 1.54) is 6.07 Å². The zero-order valence-corrected chi connectivity index (χ0v) is 11.6. The van der Waals surface area contributed by atoms with Gasteiger partial charge in [0.1, 0.15) is 11.6 Å². The lowest BCUT2D eigenvalue weighted by molar-refractivity contribution is 0.511. The van der Waals surface area contributed by atoms with Gasteiger partial charge in [-0.2, -0.15) is 5.26 Å². The molecule has 0 aliphatic rings. The van der Waals surface area contributed by atoms with Crippen LogP contribution >= 0.6 is 23.4 Å². The highest BCUT2D eigenvalue weighted by Crippen LogP contribution is 2.29. The van der Waals surface area contributed by atoms with Crippen LogP contribution in [0.15, 0.2) is 22.1 Å². The van der Waals surface area contributed by atoms with Crippen molar-refractivity contribution in [1.82, 2.24) is 9.97 Å². The van der Waals surface area contributed by atoms with Crippen molar-refractivity contribution in [3.8, 4) is 17.3 Å². The van der Waals surface area contributed by atoms with E-state index in [2.05, 4.69) is 9.97 Å². The smallest absolute Gasteiger partial charge is 0.270 e. The number of thioether (sulfide) groups is 1. The third kappa shape index (κ3) is 2.40. The minimum absolute atomic E-state index is 0.193. The Labute approximate surface area is 121 Å². The average molecular weight is 314 g/mol. The van der Waals surface area contributed by atoms with E-state index in [1.54, 1.807) is 12.3 Å². The highest BCUT2D eigenvalue weighted by atomic mass is 35.5. The molecule has 0 fully saturated rings. The van der Waals surface area contributed by atoms with E-state index in [0.29, 0.717) is 0 Å². The summed E-state index contributed by atoms with van der Waals surface area (Å²) in [5, 5.41) is 8.78. The van der Waals surface area contributed by atoms with Gasteiger partial charge in [-0.25, -0.2) is 13.8 Å². The molecule has 1 aromatic carbocycles. The molecule has 102 valence electrons. The number of nitrogens with zero attached hydrogens (tertiary/aromatic N) is 2. The molecule has 4 nitrogen and oxygen atoms in total. The van der Waals surface area contributed by atoms with Crippen molar-refractivity contribution in [3.05, 3.63) is 44.7 Å². The standard InChI is InChI=1S/C12H6ClF2N3OS/c1-20-12-17-10(6(4-16)11(19)18-12)5-2-3-7(13)9(15)8(5)14/h2-3H,1H3,(H,17,18,19). The highest BCUT2D eigenvalue weighted by Gasteiger charge is 2.20. The Bertz CT molecular complexity index is 785. The number of H-pyrrole nitrogens is 1. The van der Waals surface area contributed by atoms with Crippen LogP contribution in [0.2, 0.25) is 5.02 Å². The summed E-state index contributed by atoms with van der Waals surface area (Å²) in [4.78, 5) is 18.0. The molecule has 0 spiro atoms. The summed E-state index contributed by atoms with van der Waals surface area (Å²) in [6.07, 6.45) is 1.65. The molecule has 1 aromatic heterocycles. The van der Waals surface area contributed by atoms with Crippen LogP contribution in [0.1, 0.15) is 5.56 Å². The molecular formula is C12H6ClF2N3OS. The fraction of sp³-hybridized carbons (Fsp3) is 0.0833. The first-order chi connectivity index (χ1) is 9.49. The maximum absolute atomic E-state index is 13.9. The van der Waals surface area contributed by atoms with Crippen molar-refractivity contribution in [2.75, 3.05) is 6.26 Å². The summed E-state index contributed by atoms with van der Waals surface area (Å²) in [6.45, 7) is 0. The molecule has 2 aromatic rings. The SMILES string of the molecule is CSc1nc(-c2ccc(Cl)c(F)c2F)c(C#N)c(=O)[nH]1. The number of aromatic amines is 1. The minimum atomic E-state index is -1.25. The van der Waals surface area contributed by atoms with Crippen molar-refractivity contribution in [1.29, 1.82) is 5.26 Å². The topological polar surface area (TPSA) is 69.5 Å². The zero-order valence-electron chi connectivity index (χ0n) is 10.00. The Balaban J connectivity index is 2.82. The van der Waals surface area contributed by atoms with Gasteiger partial charge in [-0.3, -0.25) is 4.79 Å². The van der Waals surface area contributed by atoms with Crippen molar-refractivity contribution >= 4 is 23.4 Å². The zero-order chi connectivity index (χ0) is 14.9. The van der Waals surface area contributed by atoms with E-state index in [0.717, 1.165) is 17.8 Å². The van der Waals surface area contributed by atoms with Crippen LogP contribution in [0.3, 0.4) is 0 Å².